The molecule has 0 saturated heterocycles. The van der Waals surface area contributed by atoms with Crippen LogP contribution in [0.5, 0.6) is 5.75 Å². The van der Waals surface area contributed by atoms with Crippen LogP contribution in [0.2, 0.25) is 0 Å². The van der Waals surface area contributed by atoms with Crippen molar-refractivity contribution in [3.05, 3.63) is 28.8 Å². The quantitative estimate of drug-likeness (QED) is 0.578. The fourth-order valence-electron chi connectivity index (χ4n) is 1.18. The molecule has 1 aromatic carbocycles. The van der Waals surface area contributed by atoms with Crippen LogP contribution >= 0.6 is 11.6 Å². The standard InChI is InChI=1S/C10H6ClNO3/c1-15-9-7(10(11)14)3-2-6(5-13)8(9)4-12/h2-3,5H,1H3. The summed E-state index contributed by atoms with van der Waals surface area (Å²) in [6, 6.07) is 4.49. The van der Waals surface area contributed by atoms with E-state index in [0.29, 0.717) is 6.29 Å². The lowest BCUT2D eigenvalue weighted by atomic mass is 10.0. The van der Waals surface area contributed by atoms with Crippen molar-refractivity contribution in [3.8, 4) is 11.8 Å². The SMILES string of the molecule is COc1c(C(=O)Cl)ccc(C=O)c1C#N. The Kier molecular flexibility index (Phi) is 3.42. The third-order valence-electron chi connectivity index (χ3n) is 1.84. The predicted molar refractivity (Wildman–Crippen MR) is 53.3 cm³/mol. The molecule has 0 aliphatic heterocycles. The molecular weight excluding hydrogens is 218 g/mol. The molecule has 0 saturated carbocycles. The van der Waals surface area contributed by atoms with Crippen molar-refractivity contribution in [2.24, 2.45) is 0 Å². The Balaban J connectivity index is 3.56. The van der Waals surface area contributed by atoms with Crippen LogP contribution < -0.4 is 4.74 Å². The van der Waals surface area contributed by atoms with Gasteiger partial charge in [0.05, 0.1) is 12.7 Å². The van der Waals surface area contributed by atoms with Gasteiger partial charge < -0.3 is 4.74 Å². The molecular formula is C10H6ClNO3. The van der Waals surface area contributed by atoms with Crippen molar-refractivity contribution < 1.29 is 14.3 Å². The van der Waals surface area contributed by atoms with E-state index in [1.165, 1.54) is 19.2 Å². The molecule has 0 aromatic heterocycles. The Morgan fingerprint density at radius 3 is 2.67 bits per heavy atom. The van der Waals surface area contributed by atoms with E-state index in [2.05, 4.69) is 0 Å². The van der Waals surface area contributed by atoms with Crippen LogP contribution in [0.3, 0.4) is 0 Å². The summed E-state index contributed by atoms with van der Waals surface area (Å²) in [6.45, 7) is 0. The average molecular weight is 224 g/mol. The monoisotopic (exact) mass is 223 g/mol. The first-order valence-corrected chi connectivity index (χ1v) is 4.29. The highest BCUT2D eigenvalue weighted by molar-refractivity contribution is 6.68. The Morgan fingerprint density at radius 1 is 1.60 bits per heavy atom. The van der Waals surface area contributed by atoms with E-state index in [0.717, 1.165) is 0 Å². The lowest BCUT2D eigenvalue weighted by Gasteiger charge is -2.07. The van der Waals surface area contributed by atoms with Gasteiger partial charge in [0.2, 0.25) is 0 Å². The molecule has 0 bridgehead atoms. The summed E-state index contributed by atoms with van der Waals surface area (Å²) >= 11 is 5.29. The summed E-state index contributed by atoms with van der Waals surface area (Å²) in [5.41, 5.74) is 0.247. The lowest BCUT2D eigenvalue weighted by Crippen LogP contribution is -2.01. The first-order valence-electron chi connectivity index (χ1n) is 3.91. The molecule has 0 fully saturated rings. The molecule has 0 aliphatic carbocycles. The maximum absolute atomic E-state index is 11.0. The molecule has 1 rings (SSSR count). The molecule has 4 nitrogen and oxygen atoms in total. The molecule has 0 aliphatic rings. The number of carbonyl (C=O) groups excluding carboxylic acids is 2. The Hall–Kier alpha value is -1.86. The number of benzene rings is 1. The van der Waals surface area contributed by atoms with E-state index in [9.17, 15) is 9.59 Å². The van der Waals surface area contributed by atoms with Crippen molar-refractivity contribution in [2.75, 3.05) is 7.11 Å². The molecule has 0 spiro atoms. The smallest absolute Gasteiger partial charge is 0.256 e. The Bertz CT molecular complexity index is 462. The van der Waals surface area contributed by atoms with Crippen LogP contribution in [0.4, 0.5) is 0 Å². The summed E-state index contributed by atoms with van der Waals surface area (Å²) in [5.74, 6) is 0.0297. The van der Waals surface area contributed by atoms with Gasteiger partial charge in [-0.2, -0.15) is 5.26 Å². The number of methoxy groups -OCH3 is 1. The van der Waals surface area contributed by atoms with Gasteiger partial charge in [-0.25, -0.2) is 0 Å². The van der Waals surface area contributed by atoms with E-state index in [-0.39, 0.29) is 22.4 Å². The molecule has 0 amide bonds. The topological polar surface area (TPSA) is 67.2 Å². The van der Waals surface area contributed by atoms with Crippen molar-refractivity contribution >= 4 is 23.1 Å². The Labute approximate surface area is 91.0 Å². The number of nitriles is 1. The molecule has 15 heavy (non-hydrogen) atoms. The highest BCUT2D eigenvalue weighted by atomic mass is 35.5. The second kappa shape index (κ2) is 4.58. The number of hydrogen-bond acceptors (Lipinski definition) is 4. The van der Waals surface area contributed by atoms with Gasteiger partial charge in [-0.3, -0.25) is 9.59 Å². The zero-order chi connectivity index (χ0) is 11.4. The molecule has 1 aromatic rings. The van der Waals surface area contributed by atoms with Gasteiger partial charge in [0.25, 0.3) is 5.24 Å². The number of nitrogens with zero attached hydrogens (tertiary/aromatic N) is 1. The normalized spacial score (nSPS) is 9.13. The largest absolute Gasteiger partial charge is 0.495 e. The maximum atomic E-state index is 11.0. The number of rotatable bonds is 3. The first kappa shape index (κ1) is 11.2. The average Bonchev–Trinajstić information content (AvgIpc) is 2.26. The van der Waals surface area contributed by atoms with E-state index >= 15 is 0 Å². The van der Waals surface area contributed by atoms with Gasteiger partial charge in [-0.05, 0) is 23.7 Å². The minimum absolute atomic E-state index is 0.0130. The van der Waals surface area contributed by atoms with Crippen molar-refractivity contribution in [3.63, 3.8) is 0 Å². The maximum Gasteiger partial charge on any atom is 0.256 e. The van der Waals surface area contributed by atoms with Crippen molar-refractivity contribution in [1.29, 1.82) is 5.26 Å². The molecule has 5 heteroatoms. The molecule has 76 valence electrons. The highest BCUT2D eigenvalue weighted by Gasteiger charge is 2.17. The van der Waals surface area contributed by atoms with Gasteiger partial charge in [-0.1, -0.05) is 0 Å². The van der Waals surface area contributed by atoms with Gasteiger partial charge in [0.15, 0.2) is 6.29 Å². The van der Waals surface area contributed by atoms with E-state index in [1.54, 1.807) is 6.07 Å². The minimum Gasteiger partial charge on any atom is -0.495 e. The predicted octanol–water partition coefficient (Wildman–Crippen LogP) is 1.76. The van der Waals surface area contributed by atoms with Crippen molar-refractivity contribution in [1.82, 2.24) is 0 Å². The number of aldehydes is 1. The molecule has 0 N–H and O–H groups in total. The van der Waals surface area contributed by atoms with Gasteiger partial charge in [0.1, 0.15) is 17.4 Å². The van der Waals surface area contributed by atoms with Gasteiger partial charge >= 0.3 is 0 Å². The number of carbonyl (C=O) groups is 2. The summed E-state index contributed by atoms with van der Waals surface area (Å²) in [7, 11) is 1.30. The van der Waals surface area contributed by atoms with Crippen LogP contribution in [0.1, 0.15) is 26.3 Å². The third kappa shape index (κ3) is 1.97. The molecule has 0 unspecified atom stereocenters. The fraction of sp³-hybridized carbons (Fsp3) is 0.100. The van der Waals surface area contributed by atoms with Crippen LogP contribution in [0.15, 0.2) is 12.1 Å². The van der Waals surface area contributed by atoms with Crippen LogP contribution in [-0.2, 0) is 0 Å². The lowest BCUT2D eigenvalue weighted by molar-refractivity contribution is 0.107. The first-order chi connectivity index (χ1) is 7.15. The van der Waals surface area contributed by atoms with Crippen LogP contribution in [-0.4, -0.2) is 18.6 Å². The van der Waals surface area contributed by atoms with E-state index < -0.39 is 5.24 Å². The van der Waals surface area contributed by atoms with E-state index in [1.807, 2.05) is 0 Å². The van der Waals surface area contributed by atoms with Gasteiger partial charge in [-0.15, -0.1) is 0 Å². The summed E-state index contributed by atoms with van der Waals surface area (Å²) < 4.78 is 4.88. The second-order valence-electron chi connectivity index (χ2n) is 2.61. The fourth-order valence-corrected chi connectivity index (χ4v) is 1.33. The summed E-state index contributed by atoms with van der Waals surface area (Å²) in [6.07, 6.45) is 0.517. The number of hydrogen-bond donors (Lipinski definition) is 0. The summed E-state index contributed by atoms with van der Waals surface area (Å²) in [5, 5.41) is 8.09. The highest BCUT2D eigenvalue weighted by Crippen LogP contribution is 2.27. The Morgan fingerprint density at radius 2 is 2.27 bits per heavy atom. The second-order valence-corrected chi connectivity index (χ2v) is 2.96. The van der Waals surface area contributed by atoms with Crippen LogP contribution in [0, 0.1) is 11.3 Å². The molecule has 0 heterocycles. The molecule has 0 atom stereocenters. The third-order valence-corrected chi connectivity index (χ3v) is 2.05. The molecule has 0 radical (unpaired) electrons. The number of halogens is 1. The zero-order valence-electron chi connectivity index (χ0n) is 7.78. The zero-order valence-corrected chi connectivity index (χ0v) is 8.54. The van der Waals surface area contributed by atoms with Gasteiger partial charge in [0, 0.05) is 5.56 Å². The minimum atomic E-state index is -0.735. The van der Waals surface area contributed by atoms with Crippen molar-refractivity contribution in [2.45, 2.75) is 0 Å². The summed E-state index contributed by atoms with van der Waals surface area (Å²) in [4.78, 5) is 21.6. The van der Waals surface area contributed by atoms with Crippen LogP contribution in [0.25, 0.3) is 0 Å². The van der Waals surface area contributed by atoms with E-state index in [4.69, 9.17) is 21.6 Å². The number of ether oxygens (including phenoxy) is 1.